The Hall–Kier alpha value is -3.47. The van der Waals surface area contributed by atoms with E-state index in [-0.39, 0.29) is 31.0 Å². The summed E-state index contributed by atoms with van der Waals surface area (Å²) in [6.45, 7) is 0.124. The molecule has 2 aromatic carbocycles. The molecule has 1 amide bonds. The summed E-state index contributed by atoms with van der Waals surface area (Å²) in [6.07, 6.45) is -4.39. The molecule has 3 rings (SSSR count). The lowest BCUT2D eigenvalue weighted by atomic mass is 10.1. The molecule has 0 fully saturated rings. The van der Waals surface area contributed by atoms with Gasteiger partial charge in [-0.15, -0.1) is 0 Å². The maximum atomic E-state index is 12.7. The van der Waals surface area contributed by atoms with Crippen molar-refractivity contribution in [2.24, 2.45) is 0 Å². The zero-order valence-electron chi connectivity index (χ0n) is 14.5. The van der Waals surface area contributed by atoms with Crippen molar-refractivity contribution in [3.63, 3.8) is 0 Å². The van der Waals surface area contributed by atoms with Crippen molar-refractivity contribution >= 4 is 17.0 Å². The SMILES string of the molecule is O=C(CCn1c(=O)oc2ccccc21)NCC#Cc1cccc(C(F)(F)F)c1. The second-order valence-corrected chi connectivity index (χ2v) is 5.89. The number of fused-ring (bicyclic) bond motifs is 1. The second kappa shape index (κ2) is 8.05. The molecule has 5 nitrogen and oxygen atoms in total. The summed E-state index contributed by atoms with van der Waals surface area (Å²) in [6, 6.07) is 11.5. The van der Waals surface area contributed by atoms with Gasteiger partial charge in [-0.2, -0.15) is 13.2 Å². The van der Waals surface area contributed by atoms with Gasteiger partial charge in [-0.3, -0.25) is 9.36 Å². The van der Waals surface area contributed by atoms with Gasteiger partial charge in [0.1, 0.15) is 0 Å². The van der Waals surface area contributed by atoms with Crippen LogP contribution in [0.5, 0.6) is 0 Å². The van der Waals surface area contributed by atoms with Gasteiger partial charge < -0.3 is 9.73 Å². The molecule has 0 radical (unpaired) electrons. The van der Waals surface area contributed by atoms with E-state index in [1.165, 1.54) is 16.7 Å². The average molecular weight is 388 g/mol. The molecule has 28 heavy (non-hydrogen) atoms. The Labute approximate surface area is 157 Å². The number of rotatable bonds is 4. The zero-order valence-corrected chi connectivity index (χ0v) is 14.5. The van der Waals surface area contributed by atoms with E-state index >= 15 is 0 Å². The molecule has 0 bridgehead atoms. The molecular formula is C20H15F3N2O3. The third kappa shape index (κ3) is 4.62. The third-order valence-electron chi connectivity index (χ3n) is 3.93. The van der Waals surface area contributed by atoms with E-state index in [0.29, 0.717) is 11.1 Å². The number of carbonyl (C=O) groups excluding carboxylic acids is 1. The molecule has 0 aliphatic heterocycles. The van der Waals surface area contributed by atoms with Crippen LogP contribution in [-0.4, -0.2) is 17.0 Å². The Morgan fingerprint density at radius 2 is 1.93 bits per heavy atom. The van der Waals surface area contributed by atoms with E-state index in [4.69, 9.17) is 4.42 Å². The highest BCUT2D eigenvalue weighted by Gasteiger charge is 2.30. The van der Waals surface area contributed by atoms with Crippen molar-refractivity contribution in [2.75, 3.05) is 6.54 Å². The number of carbonyl (C=O) groups is 1. The van der Waals surface area contributed by atoms with Crippen molar-refractivity contribution in [3.05, 3.63) is 70.2 Å². The lowest BCUT2D eigenvalue weighted by Crippen LogP contribution is -2.26. The molecule has 1 N–H and O–H groups in total. The number of benzene rings is 2. The van der Waals surface area contributed by atoms with Gasteiger partial charge in [-0.25, -0.2) is 4.79 Å². The lowest BCUT2D eigenvalue weighted by Gasteiger charge is -2.05. The van der Waals surface area contributed by atoms with Crippen LogP contribution in [0.15, 0.2) is 57.7 Å². The number of amides is 1. The predicted molar refractivity (Wildman–Crippen MR) is 96.4 cm³/mol. The molecule has 3 aromatic rings. The van der Waals surface area contributed by atoms with Gasteiger partial charge in [0.25, 0.3) is 0 Å². The number of aryl methyl sites for hydroxylation is 1. The molecule has 0 saturated heterocycles. The minimum atomic E-state index is -4.43. The number of para-hydroxylation sites is 2. The van der Waals surface area contributed by atoms with Crippen LogP contribution < -0.4 is 11.1 Å². The number of oxazole rings is 1. The van der Waals surface area contributed by atoms with E-state index in [9.17, 15) is 22.8 Å². The minimum absolute atomic E-state index is 0.0177. The number of halogens is 3. The molecule has 8 heteroatoms. The van der Waals surface area contributed by atoms with Crippen LogP contribution in [0.1, 0.15) is 17.5 Å². The fourth-order valence-corrected chi connectivity index (χ4v) is 2.59. The Balaban J connectivity index is 1.54. The summed E-state index contributed by atoms with van der Waals surface area (Å²) < 4.78 is 44.4. The van der Waals surface area contributed by atoms with Crippen LogP contribution in [0.4, 0.5) is 13.2 Å². The average Bonchev–Trinajstić information content (AvgIpc) is 2.98. The summed E-state index contributed by atoms with van der Waals surface area (Å²) in [5, 5.41) is 2.55. The van der Waals surface area contributed by atoms with E-state index < -0.39 is 17.5 Å². The van der Waals surface area contributed by atoms with Crippen molar-refractivity contribution in [1.29, 1.82) is 0 Å². The van der Waals surface area contributed by atoms with Gasteiger partial charge in [0, 0.05) is 18.5 Å². The largest absolute Gasteiger partial charge is 0.419 e. The molecule has 1 heterocycles. The number of nitrogens with zero attached hydrogens (tertiary/aromatic N) is 1. The van der Waals surface area contributed by atoms with Crippen LogP contribution in [0.3, 0.4) is 0 Å². The van der Waals surface area contributed by atoms with Gasteiger partial charge in [0.2, 0.25) is 5.91 Å². The molecule has 0 atom stereocenters. The predicted octanol–water partition coefficient (Wildman–Crippen LogP) is 3.17. The normalized spacial score (nSPS) is 11.1. The van der Waals surface area contributed by atoms with Crippen molar-refractivity contribution in [1.82, 2.24) is 9.88 Å². The number of nitrogens with one attached hydrogen (secondary N) is 1. The van der Waals surface area contributed by atoms with Crippen molar-refractivity contribution in [3.8, 4) is 11.8 Å². The topological polar surface area (TPSA) is 64.2 Å². The van der Waals surface area contributed by atoms with Gasteiger partial charge in [0.05, 0.1) is 17.6 Å². The summed E-state index contributed by atoms with van der Waals surface area (Å²) in [4.78, 5) is 23.7. The van der Waals surface area contributed by atoms with Crippen LogP contribution in [-0.2, 0) is 17.5 Å². The van der Waals surface area contributed by atoms with E-state index in [2.05, 4.69) is 17.2 Å². The molecule has 1 aromatic heterocycles. The van der Waals surface area contributed by atoms with Crippen LogP contribution >= 0.6 is 0 Å². The van der Waals surface area contributed by atoms with Gasteiger partial charge in [-0.1, -0.05) is 30.0 Å². The first-order valence-electron chi connectivity index (χ1n) is 8.36. The highest BCUT2D eigenvalue weighted by molar-refractivity contribution is 5.77. The van der Waals surface area contributed by atoms with E-state index in [0.717, 1.165) is 12.1 Å². The van der Waals surface area contributed by atoms with Crippen molar-refractivity contribution < 1.29 is 22.4 Å². The maximum absolute atomic E-state index is 12.7. The second-order valence-electron chi connectivity index (χ2n) is 5.89. The fraction of sp³-hybridized carbons (Fsp3) is 0.200. The highest BCUT2D eigenvalue weighted by Crippen LogP contribution is 2.29. The first-order chi connectivity index (χ1) is 13.3. The van der Waals surface area contributed by atoms with Crippen LogP contribution in [0.2, 0.25) is 0 Å². The first-order valence-corrected chi connectivity index (χ1v) is 8.36. The molecular weight excluding hydrogens is 373 g/mol. The number of hydrogen-bond acceptors (Lipinski definition) is 3. The molecule has 0 spiro atoms. The fourth-order valence-electron chi connectivity index (χ4n) is 2.59. The van der Waals surface area contributed by atoms with E-state index in [1.54, 1.807) is 24.3 Å². The molecule has 0 saturated carbocycles. The Kier molecular flexibility index (Phi) is 5.54. The lowest BCUT2D eigenvalue weighted by molar-refractivity contribution is -0.137. The third-order valence-corrected chi connectivity index (χ3v) is 3.93. The molecule has 0 aliphatic carbocycles. The summed E-state index contributed by atoms with van der Waals surface area (Å²) in [7, 11) is 0. The number of aromatic nitrogens is 1. The Bertz CT molecular complexity index is 1120. The van der Waals surface area contributed by atoms with Gasteiger partial charge in [-0.05, 0) is 30.3 Å². The van der Waals surface area contributed by atoms with Gasteiger partial charge >= 0.3 is 11.9 Å². The standard InChI is InChI=1S/C20H15F3N2O3/c21-20(22,23)15-7-3-5-14(13-15)6-4-11-24-18(26)10-12-25-16-8-1-2-9-17(16)28-19(25)27/h1-3,5,7-9,13H,10-12H2,(H,24,26). The zero-order chi connectivity index (χ0) is 20.1. The quantitative estimate of drug-likeness (QED) is 0.699. The smallest absolute Gasteiger partial charge is 0.408 e. The summed E-state index contributed by atoms with van der Waals surface area (Å²) in [5.74, 6) is 4.31. The Morgan fingerprint density at radius 1 is 1.14 bits per heavy atom. The molecule has 0 unspecified atom stereocenters. The number of hydrogen-bond donors (Lipinski definition) is 1. The van der Waals surface area contributed by atoms with Crippen LogP contribution in [0, 0.1) is 11.8 Å². The number of alkyl halides is 3. The summed E-state index contributed by atoms with van der Waals surface area (Å²) in [5.41, 5.74) is 0.478. The summed E-state index contributed by atoms with van der Waals surface area (Å²) >= 11 is 0. The monoisotopic (exact) mass is 388 g/mol. The Morgan fingerprint density at radius 3 is 2.71 bits per heavy atom. The molecule has 144 valence electrons. The first kappa shape index (κ1) is 19.3. The van der Waals surface area contributed by atoms with Gasteiger partial charge in [0.15, 0.2) is 5.58 Å². The molecule has 0 aliphatic rings. The maximum Gasteiger partial charge on any atom is 0.419 e. The highest BCUT2D eigenvalue weighted by atomic mass is 19.4. The van der Waals surface area contributed by atoms with Crippen molar-refractivity contribution in [2.45, 2.75) is 19.1 Å². The van der Waals surface area contributed by atoms with Crippen LogP contribution in [0.25, 0.3) is 11.1 Å². The van der Waals surface area contributed by atoms with E-state index in [1.807, 2.05) is 0 Å². The minimum Gasteiger partial charge on any atom is -0.408 e.